The molecule has 0 fully saturated rings. The van der Waals surface area contributed by atoms with Gasteiger partial charge in [-0.25, -0.2) is 0 Å². The lowest BCUT2D eigenvalue weighted by Gasteiger charge is -2.16. The third kappa shape index (κ3) is 3.79. The lowest BCUT2D eigenvalue weighted by molar-refractivity contribution is 0.414. The molecule has 0 amide bonds. The molecule has 1 atom stereocenters. The normalized spacial score (nSPS) is 11.9. The van der Waals surface area contributed by atoms with Crippen molar-refractivity contribution in [1.82, 2.24) is 0 Å². The first-order valence-electron chi connectivity index (χ1n) is 7.53. The zero-order valence-electron chi connectivity index (χ0n) is 13.0. The predicted molar refractivity (Wildman–Crippen MR) is 97.1 cm³/mol. The van der Waals surface area contributed by atoms with Crippen LogP contribution in [0, 0.1) is 0 Å². The second kappa shape index (κ2) is 7.41. The van der Waals surface area contributed by atoms with Crippen LogP contribution in [0.4, 0.5) is 0 Å². The summed E-state index contributed by atoms with van der Waals surface area (Å²) in [6.07, 6.45) is 0.798. The molecule has 3 aromatic rings. The van der Waals surface area contributed by atoms with Crippen molar-refractivity contribution < 1.29 is 9.63 Å². The molecule has 0 aliphatic carbocycles. The number of methoxy groups -OCH3 is 1. The van der Waals surface area contributed by atoms with E-state index in [-0.39, 0.29) is 0 Å². The van der Waals surface area contributed by atoms with Crippen LogP contribution >= 0.6 is 8.15 Å². The Balaban J connectivity index is 1.88. The van der Waals surface area contributed by atoms with Crippen LogP contribution in [0.5, 0.6) is 5.75 Å². The third-order valence-corrected chi connectivity index (χ3v) is 5.45. The van der Waals surface area contributed by atoms with Gasteiger partial charge >= 0.3 is 0 Å². The fourth-order valence-corrected chi connectivity index (χ4v) is 3.92. The molecule has 3 heteroatoms. The Morgan fingerprint density at radius 3 is 2.17 bits per heavy atom. The number of ether oxygens (including phenoxy) is 1. The quantitative estimate of drug-likeness (QED) is 0.727. The first kappa shape index (κ1) is 15.7. The average molecular weight is 322 g/mol. The second-order valence-electron chi connectivity index (χ2n) is 5.30. The summed E-state index contributed by atoms with van der Waals surface area (Å²) in [5, 5.41) is 1.99. The standard InChI is InChI=1S/C20H19O2P/c1-22-18-13-11-16(12-14-18)15-17-7-5-6-10-20(17)23(21)19-8-3-2-4-9-19/h2-14,21H,15H2,1H3. The van der Waals surface area contributed by atoms with Gasteiger partial charge < -0.3 is 9.63 Å². The van der Waals surface area contributed by atoms with Crippen LogP contribution in [0.25, 0.3) is 0 Å². The Hall–Kier alpha value is -2.15. The van der Waals surface area contributed by atoms with Crippen molar-refractivity contribution in [2.24, 2.45) is 0 Å². The number of hydrogen-bond acceptors (Lipinski definition) is 2. The van der Waals surface area contributed by atoms with E-state index in [1.165, 1.54) is 5.56 Å². The highest BCUT2D eigenvalue weighted by molar-refractivity contribution is 7.67. The molecule has 1 unspecified atom stereocenters. The molecule has 23 heavy (non-hydrogen) atoms. The van der Waals surface area contributed by atoms with Gasteiger partial charge in [-0.1, -0.05) is 66.7 Å². The summed E-state index contributed by atoms with van der Waals surface area (Å²) in [6.45, 7) is 0. The van der Waals surface area contributed by atoms with Gasteiger partial charge in [0.25, 0.3) is 0 Å². The van der Waals surface area contributed by atoms with Crippen molar-refractivity contribution in [3.8, 4) is 5.75 Å². The predicted octanol–water partition coefficient (Wildman–Crippen LogP) is 3.63. The van der Waals surface area contributed by atoms with Crippen LogP contribution in [0.2, 0.25) is 0 Å². The van der Waals surface area contributed by atoms with E-state index < -0.39 is 8.15 Å². The Labute approximate surface area is 138 Å². The third-order valence-electron chi connectivity index (χ3n) is 3.77. The molecule has 1 N–H and O–H groups in total. The van der Waals surface area contributed by atoms with Crippen molar-refractivity contribution in [3.05, 3.63) is 90.0 Å². The van der Waals surface area contributed by atoms with E-state index in [2.05, 4.69) is 18.2 Å². The SMILES string of the molecule is COc1ccc(Cc2ccccc2P(O)c2ccccc2)cc1. The summed E-state index contributed by atoms with van der Waals surface area (Å²) in [5.74, 6) is 0.857. The minimum Gasteiger partial charge on any atom is -0.497 e. The average Bonchev–Trinajstić information content (AvgIpc) is 2.63. The van der Waals surface area contributed by atoms with Gasteiger partial charge in [-0.05, 0) is 29.7 Å². The maximum atomic E-state index is 10.8. The Morgan fingerprint density at radius 2 is 1.48 bits per heavy atom. The lowest BCUT2D eigenvalue weighted by Crippen LogP contribution is -2.15. The largest absolute Gasteiger partial charge is 0.497 e. The van der Waals surface area contributed by atoms with E-state index >= 15 is 0 Å². The first-order valence-corrected chi connectivity index (χ1v) is 8.82. The monoisotopic (exact) mass is 322 g/mol. The highest BCUT2D eigenvalue weighted by Gasteiger charge is 2.14. The minimum atomic E-state index is -1.32. The van der Waals surface area contributed by atoms with Gasteiger partial charge in [0, 0.05) is 10.6 Å². The van der Waals surface area contributed by atoms with Crippen molar-refractivity contribution >= 4 is 18.8 Å². The molecule has 0 aromatic heterocycles. The van der Waals surface area contributed by atoms with Crippen molar-refractivity contribution in [1.29, 1.82) is 0 Å². The maximum Gasteiger partial charge on any atom is 0.118 e. The fourth-order valence-electron chi connectivity index (χ4n) is 2.54. The summed E-state index contributed by atoms with van der Waals surface area (Å²) in [5.41, 5.74) is 2.37. The second-order valence-corrected chi connectivity index (χ2v) is 6.92. The van der Waals surface area contributed by atoms with E-state index in [0.29, 0.717) is 0 Å². The molecule has 0 saturated heterocycles. The Morgan fingerprint density at radius 1 is 0.826 bits per heavy atom. The molecular weight excluding hydrogens is 303 g/mol. The van der Waals surface area contributed by atoms with Crippen molar-refractivity contribution in [2.45, 2.75) is 6.42 Å². The van der Waals surface area contributed by atoms with E-state index in [9.17, 15) is 4.89 Å². The highest BCUT2D eigenvalue weighted by atomic mass is 31.1. The van der Waals surface area contributed by atoms with E-state index in [1.807, 2.05) is 60.7 Å². The summed E-state index contributed by atoms with van der Waals surface area (Å²) < 4.78 is 5.20. The van der Waals surface area contributed by atoms with Crippen LogP contribution in [0.15, 0.2) is 78.9 Å². The lowest BCUT2D eigenvalue weighted by atomic mass is 10.1. The fraction of sp³-hybridized carbons (Fsp3) is 0.100. The van der Waals surface area contributed by atoms with Gasteiger partial charge in [0.05, 0.1) is 15.3 Å². The minimum absolute atomic E-state index is 0.798. The van der Waals surface area contributed by atoms with Gasteiger partial charge in [0.2, 0.25) is 0 Å². The van der Waals surface area contributed by atoms with Gasteiger partial charge in [0.15, 0.2) is 0 Å². The van der Waals surface area contributed by atoms with Crippen LogP contribution in [0.1, 0.15) is 11.1 Å². The molecule has 0 aliphatic heterocycles. The van der Waals surface area contributed by atoms with E-state index in [4.69, 9.17) is 4.74 Å². The summed E-state index contributed by atoms with van der Waals surface area (Å²) >= 11 is 0. The summed E-state index contributed by atoms with van der Waals surface area (Å²) in [4.78, 5) is 10.8. The molecule has 2 nitrogen and oxygen atoms in total. The van der Waals surface area contributed by atoms with Gasteiger partial charge in [-0.3, -0.25) is 0 Å². The van der Waals surface area contributed by atoms with Gasteiger partial charge in [0.1, 0.15) is 5.75 Å². The molecule has 0 radical (unpaired) electrons. The molecular formula is C20H19O2P. The molecule has 0 aliphatic rings. The summed E-state index contributed by atoms with van der Waals surface area (Å²) in [7, 11) is 0.348. The molecule has 3 rings (SSSR count). The number of hydrogen-bond donors (Lipinski definition) is 1. The highest BCUT2D eigenvalue weighted by Crippen LogP contribution is 2.30. The molecule has 3 aromatic carbocycles. The maximum absolute atomic E-state index is 10.8. The van der Waals surface area contributed by atoms with Crippen LogP contribution in [-0.4, -0.2) is 12.0 Å². The van der Waals surface area contributed by atoms with E-state index in [0.717, 1.165) is 28.3 Å². The number of rotatable bonds is 5. The zero-order chi connectivity index (χ0) is 16.1. The molecule has 0 bridgehead atoms. The van der Waals surface area contributed by atoms with Crippen molar-refractivity contribution in [2.75, 3.05) is 7.11 Å². The molecule has 0 saturated carbocycles. The van der Waals surface area contributed by atoms with E-state index in [1.54, 1.807) is 7.11 Å². The zero-order valence-corrected chi connectivity index (χ0v) is 13.9. The first-order chi connectivity index (χ1) is 11.3. The topological polar surface area (TPSA) is 29.5 Å². The van der Waals surface area contributed by atoms with Crippen LogP contribution < -0.4 is 15.3 Å². The number of benzene rings is 3. The van der Waals surface area contributed by atoms with Gasteiger partial charge in [-0.15, -0.1) is 0 Å². The molecule has 0 spiro atoms. The van der Waals surface area contributed by atoms with Crippen molar-refractivity contribution in [3.63, 3.8) is 0 Å². The Bertz CT molecular complexity index is 754. The van der Waals surface area contributed by atoms with Gasteiger partial charge in [-0.2, -0.15) is 0 Å². The molecule has 116 valence electrons. The smallest absolute Gasteiger partial charge is 0.118 e. The van der Waals surface area contributed by atoms with Crippen LogP contribution in [0.3, 0.4) is 0 Å². The molecule has 0 heterocycles. The summed E-state index contributed by atoms with van der Waals surface area (Å²) in [6, 6.07) is 26.1. The van der Waals surface area contributed by atoms with Crippen LogP contribution in [-0.2, 0) is 6.42 Å². The Kier molecular flexibility index (Phi) is 5.07.